The SMILES string of the molecule is CCNC(c1ccc(Cl)cc1)C(CC)OCC. The molecule has 0 bridgehead atoms. The van der Waals surface area contributed by atoms with E-state index in [1.165, 1.54) is 5.56 Å². The highest BCUT2D eigenvalue weighted by molar-refractivity contribution is 6.30. The Morgan fingerprint density at radius 1 is 1.18 bits per heavy atom. The van der Waals surface area contributed by atoms with Crippen LogP contribution >= 0.6 is 11.6 Å². The maximum absolute atomic E-state index is 5.92. The Bertz CT molecular complexity index is 313. The third-order valence-electron chi connectivity index (χ3n) is 2.81. The average molecular weight is 256 g/mol. The lowest BCUT2D eigenvalue weighted by atomic mass is 9.99. The molecule has 0 aliphatic carbocycles. The van der Waals surface area contributed by atoms with Crippen molar-refractivity contribution < 1.29 is 4.74 Å². The van der Waals surface area contributed by atoms with Gasteiger partial charge in [0.1, 0.15) is 0 Å². The number of hydrogen-bond acceptors (Lipinski definition) is 2. The Kier molecular flexibility index (Phi) is 6.56. The van der Waals surface area contributed by atoms with Crippen molar-refractivity contribution >= 4 is 11.6 Å². The van der Waals surface area contributed by atoms with Crippen molar-refractivity contribution in [2.24, 2.45) is 0 Å². The Balaban J connectivity index is 2.86. The van der Waals surface area contributed by atoms with Gasteiger partial charge in [-0.2, -0.15) is 0 Å². The van der Waals surface area contributed by atoms with Crippen LogP contribution in [0.2, 0.25) is 5.02 Å². The lowest BCUT2D eigenvalue weighted by molar-refractivity contribution is 0.0318. The summed E-state index contributed by atoms with van der Waals surface area (Å²) in [5.41, 5.74) is 1.23. The van der Waals surface area contributed by atoms with E-state index in [1.807, 2.05) is 19.1 Å². The fourth-order valence-corrected chi connectivity index (χ4v) is 2.14. The van der Waals surface area contributed by atoms with Crippen LogP contribution in [-0.4, -0.2) is 19.3 Å². The number of ether oxygens (including phenoxy) is 1. The Labute approximate surface area is 109 Å². The molecule has 1 rings (SSSR count). The van der Waals surface area contributed by atoms with Crippen LogP contribution in [0.4, 0.5) is 0 Å². The minimum absolute atomic E-state index is 0.209. The molecular weight excluding hydrogens is 234 g/mol. The lowest BCUT2D eigenvalue weighted by Gasteiger charge is -2.27. The summed E-state index contributed by atoms with van der Waals surface area (Å²) in [6, 6.07) is 8.23. The highest BCUT2D eigenvalue weighted by atomic mass is 35.5. The summed E-state index contributed by atoms with van der Waals surface area (Å²) in [6.07, 6.45) is 1.20. The molecule has 1 N–H and O–H groups in total. The zero-order chi connectivity index (χ0) is 12.7. The summed E-state index contributed by atoms with van der Waals surface area (Å²) in [7, 11) is 0. The van der Waals surface area contributed by atoms with Crippen LogP contribution < -0.4 is 5.32 Å². The molecule has 96 valence electrons. The standard InChI is InChI=1S/C14H22ClNO/c1-4-13(17-6-3)14(16-5-2)11-7-9-12(15)10-8-11/h7-10,13-14,16H,4-6H2,1-3H3. The summed E-state index contributed by atoms with van der Waals surface area (Å²) in [4.78, 5) is 0. The molecule has 0 heterocycles. The smallest absolute Gasteiger partial charge is 0.0766 e. The van der Waals surface area contributed by atoms with Crippen molar-refractivity contribution in [3.63, 3.8) is 0 Å². The number of benzene rings is 1. The maximum atomic E-state index is 5.92. The van der Waals surface area contributed by atoms with Gasteiger partial charge in [-0.05, 0) is 37.6 Å². The van der Waals surface area contributed by atoms with Gasteiger partial charge in [-0.3, -0.25) is 0 Å². The van der Waals surface area contributed by atoms with E-state index in [0.29, 0.717) is 0 Å². The zero-order valence-corrected chi connectivity index (χ0v) is 11.6. The minimum Gasteiger partial charge on any atom is -0.377 e. The fourth-order valence-electron chi connectivity index (χ4n) is 2.02. The molecule has 1 aromatic rings. The highest BCUT2D eigenvalue weighted by Gasteiger charge is 2.20. The molecule has 0 saturated carbocycles. The van der Waals surface area contributed by atoms with Gasteiger partial charge < -0.3 is 10.1 Å². The molecule has 0 spiro atoms. The molecule has 2 nitrogen and oxygen atoms in total. The molecule has 0 aliphatic rings. The van der Waals surface area contributed by atoms with Gasteiger partial charge in [-0.25, -0.2) is 0 Å². The van der Waals surface area contributed by atoms with Crippen LogP contribution in [0.1, 0.15) is 38.8 Å². The predicted molar refractivity (Wildman–Crippen MR) is 73.6 cm³/mol. The minimum atomic E-state index is 0.209. The van der Waals surface area contributed by atoms with Gasteiger partial charge in [-0.1, -0.05) is 37.6 Å². The van der Waals surface area contributed by atoms with E-state index in [0.717, 1.165) is 24.6 Å². The second kappa shape index (κ2) is 7.70. The normalized spacial score (nSPS) is 14.6. The van der Waals surface area contributed by atoms with Crippen molar-refractivity contribution in [1.82, 2.24) is 5.32 Å². The third-order valence-corrected chi connectivity index (χ3v) is 3.06. The molecule has 2 unspecified atom stereocenters. The van der Waals surface area contributed by atoms with Crippen molar-refractivity contribution in [3.8, 4) is 0 Å². The van der Waals surface area contributed by atoms with Crippen LogP contribution in [0.3, 0.4) is 0 Å². The van der Waals surface area contributed by atoms with Gasteiger partial charge in [0, 0.05) is 11.6 Å². The Morgan fingerprint density at radius 2 is 1.82 bits per heavy atom. The van der Waals surface area contributed by atoms with Gasteiger partial charge in [-0.15, -0.1) is 0 Å². The molecular formula is C14H22ClNO. The van der Waals surface area contributed by atoms with E-state index >= 15 is 0 Å². The highest BCUT2D eigenvalue weighted by Crippen LogP contribution is 2.23. The number of likely N-dealkylation sites (N-methyl/N-ethyl adjacent to an activating group) is 1. The molecule has 0 aliphatic heterocycles. The average Bonchev–Trinajstić information content (AvgIpc) is 2.35. The van der Waals surface area contributed by atoms with Gasteiger partial charge in [0.25, 0.3) is 0 Å². The molecule has 0 saturated heterocycles. The molecule has 0 radical (unpaired) electrons. The molecule has 3 heteroatoms. The first-order chi connectivity index (χ1) is 8.22. The Morgan fingerprint density at radius 3 is 2.29 bits per heavy atom. The number of hydrogen-bond donors (Lipinski definition) is 1. The van der Waals surface area contributed by atoms with Crippen LogP contribution in [-0.2, 0) is 4.74 Å². The molecule has 1 aromatic carbocycles. The summed E-state index contributed by atoms with van der Waals surface area (Å²) in [5, 5.41) is 4.26. The van der Waals surface area contributed by atoms with Crippen molar-refractivity contribution in [2.75, 3.05) is 13.2 Å². The first kappa shape index (κ1) is 14.5. The van der Waals surface area contributed by atoms with Crippen LogP contribution in [0.25, 0.3) is 0 Å². The summed E-state index contributed by atoms with van der Waals surface area (Å²) < 4.78 is 5.79. The quantitative estimate of drug-likeness (QED) is 0.800. The number of halogens is 1. The Hall–Kier alpha value is -0.570. The fraction of sp³-hybridized carbons (Fsp3) is 0.571. The summed E-state index contributed by atoms with van der Waals surface area (Å²) >= 11 is 5.92. The molecule has 2 atom stereocenters. The monoisotopic (exact) mass is 255 g/mol. The van der Waals surface area contributed by atoms with Crippen LogP contribution in [0.15, 0.2) is 24.3 Å². The van der Waals surface area contributed by atoms with Crippen molar-refractivity contribution in [3.05, 3.63) is 34.9 Å². The first-order valence-corrected chi connectivity index (χ1v) is 6.71. The second-order valence-electron chi connectivity index (χ2n) is 3.99. The zero-order valence-electron chi connectivity index (χ0n) is 10.9. The van der Waals surface area contributed by atoms with Crippen LogP contribution in [0, 0.1) is 0 Å². The van der Waals surface area contributed by atoms with E-state index in [2.05, 4.69) is 31.3 Å². The van der Waals surface area contributed by atoms with Crippen molar-refractivity contribution in [1.29, 1.82) is 0 Å². The van der Waals surface area contributed by atoms with Gasteiger partial charge in [0.2, 0.25) is 0 Å². The number of rotatable bonds is 7. The van der Waals surface area contributed by atoms with Gasteiger partial charge in [0.15, 0.2) is 0 Å². The summed E-state index contributed by atoms with van der Waals surface area (Å²) in [5.74, 6) is 0. The predicted octanol–water partition coefficient (Wildman–Crippen LogP) is 3.81. The van der Waals surface area contributed by atoms with Gasteiger partial charge in [0.05, 0.1) is 12.1 Å². The molecule has 0 aromatic heterocycles. The lowest BCUT2D eigenvalue weighted by Crippen LogP contribution is -2.33. The van der Waals surface area contributed by atoms with Gasteiger partial charge >= 0.3 is 0 Å². The largest absolute Gasteiger partial charge is 0.377 e. The van der Waals surface area contributed by atoms with E-state index < -0.39 is 0 Å². The third kappa shape index (κ3) is 4.30. The summed E-state index contributed by atoms with van der Waals surface area (Å²) in [6.45, 7) is 7.97. The second-order valence-corrected chi connectivity index (χ2v) is 4.43. The van der Waals surface area contributed by atoms with E-state index in [1.54, 1.807) is 0 Å². The maximum Gasteiger partial charge on any atom is 0.0766 e. The molecule has 0 amide bonds. The van der Waals surface area contributed by atoms with Crippen molar-refractivity contribution in [2.45, 2.75) is 39.3 Å². The first-order valence-electron chi connectivity index (χ1n) is 6.33. The van der Waals surface area contributed by atoms with E-state index in [9.17, 15) is 0 Å². The number of nitrogens with one attached hydrogen (secondary N) is 1. The topological polar surface area (TPSA) is 21.3 Å². The van der Waals surface area contributed by atoms with E-state index in [4.69, 9.17) is 16.3 Å². The van der Waals surface area contributed by atoms with E-state index in [-0.39, 0.29) is 12.1 Å². The molecule has 0 fully saturated rings. The molecule has 17 heavy (non-hydrogen) atoms. The van der Waals surface area contributed by atoms with Crippen LogP contribution in [0.5, 0.6) is 0 Å².